The Morgan fingerprint density at radius 3 is 2.64 bits per heavy atom. The molecule has 1 heterocycles. The van der Waals surface area contributed by atoms with Crippen molar-refractivity contribution in [2.45, 2.75) is 44.6 Å². The highest BCUT2D eigenvalue weighted by atomic mass is 16.5. The van der Waals surface area contributed by atoms with Crippen molar-refractivity contribution in [2.75, 3.05) is 7.05 Å². The van der Waals surface area contributed by atoms with Crippen molar-refractivity contribution in [3.05, 3.63) is 11.7 Å². The summed E-state index contributed by atoms with van der Waals surface area (Å²) in [6.07, 6.45) is 3.71. The molecule has 0 unspecified atom stereocenters. The first kappa shape index (κ1) is 9.65. The molecule has 78 valence electrons. The maximum atomic E-state index is 5.25. The van der Waals surface area contributed by atoms with Crippen molar-refractivity contribution < 1.29 is 4.52 Å². The number of hydrogen-bond acceptors (Lipinski definition) is 4. The number of aromatic nitrogens is 2. The van der Waals surface area contributed by atoms with E-state index in [9.17, 15) is 0 Å². The maximum absolute atomic E-state index is 5.25. The number of rotatable bonds is 3. The van der Waals surface area contributed by atoms with Crippen molar-refractivity contribution in [3.63, 3.8) is 0 Å². The van der Waals surface area contributed by atoms with E-state index in [1.54, 1.807) is 0 Å². The van der Waals surface area contributed by atoms with Crippen molar-refractivity contribution >= 4 is 0 Å². The van der Waals surface area contributed by atoms with E-state index in [0.717, 1.165) is 5.82 Å². The first-order chi connectivity index (χ1) is 6.63. The molecular formula is C10H17N3O. The van der Waals surface area contributed by atoms with Crippen molar-refractivity contribution in [3.8, 4) is 0 Å². The summed E-state index contributed by atoms with van der Waals surface area (Å²) < 4.78 is 5.25. The summed E-state index contributed by atoms with van der Waals surface area (Å²) >= 11 is 0. The van der Waals surface area contributed by atoms with Gasteiger partial charge >= 0.3 is 0 Å². The van der Waals surface area contributed by atoms with Gasteiger partial charge in [-0.15, -0.1) is 0 Å². The summed E-state index contributed by atoms with van der Waals surface area (Å²) in [6, 6.07) is 0. The van der Waals surface area contributed by atoms with Gasteiger partial charge in [-0.3, -0.25) is 0 Å². The predicted octanol–water partition coefficient (Wildman–Crippen LogP) is 1.79. The van der Waals surface area contributed by atoms with Crippen molar-refractivity contribution in [1.29, 1.82) is 0 Å². The highest BCUT2D eigenvalue weighted by Crippen LogP contribution is 2.35. The normalized spacial score (nSPS) is 18.2. The second kappa shape index (κ2) is 3.35. The Bertz CT molecular complexity index is 315. The Morgan fingerprint density at radius 1 is 1.43 bits per heavy atom. The van der Waals surface area contributed by atoms with Gasteiger partial charge in [0.05, 0.1) is 5.54 Å². The van der Waals surface area contributed by atoms with Crippen LogP contribution in [0.2, 0.25) is 0 Å². The molecule has 1 saturated carbocycles. The van der Waals surface area contributed by atoms with E-state index in [0.29, 0.717) is 11.8 Å². The van der Waals surface area contributed by atoms with E-state index < -0.39 is 0 Å². The zero-order valence-corrected chi connectivity index (χ0v) is 9.00. The van der Waals surface area contributed by atoms with Gasteiger partial charge in [0.25, 0.3) is 0 Å². The van der Waals surface area contributed by atoms with Gasteiger partial charge in [0.15, 0.2) is 5.82 Å². The lowest BCUT2D eigenvalue weighted by atomic mass is 9.85. The van der Waals surface area contributed by atoms with Crippen LogP contribution in [0.1, 0.15) is 50.7 Å². The van der Waals surface area contributed by atoms with Crippen LogP contribution in [-0.4, -0.2) is 17.2 Å². The van der Waals surface area contributed by atoms with Crippen LogP contribution in [0.3, 0.4) is 0 Å². The minimum absolute atomic E-state index is 0.227. The van der Waals surface area contributed by atoms with Crippen LogP contribution in [0.4, 0.5) is 0 Å². The molecule has 4 heteroatoms. The molecule has 4 nitrogen and oxygen atoms in total. The third kappa shape index (κ3) is 1.54. The Morgan fingerprint density at radius 2 is 2.14 bits per heavy atom. The van der Waals surface area contributed by atoms with Crippen LogP contribution < -0.4 is 5.32 Å². The Kier molecular flexibility index (Phi) is 2.31. The summed E-state index contributed by atoms with van der Waals surface area (Å²) in [5, 5.41) is 7.18. The molecule has 1 aromatic heterocycles. The summed E-state index contributed by atoms with van der Waals surface area (Å²) in [6.45, 7) is 4.07. The number of hydrogen-bond donors (Lipinski definition) is 1. The lowest BCUT2D eigenvalue weighted by Crippen LogP contribution is -2.33. The quantitative estimate of drug-likeness (QED) is 0.799. The van der Waals surface area contributed by atoms with Crippen LogP contribution in [0.5, 0.6) is 0 Å². The fourth-order valence-corrected chi connectivity index (χ4v) is 1.43. The molecule has 0 amide bonds. The third-order valence-corrected chi connectivity index (χ3v) is 3.07. The van der Waals surface area contributed by atoms with E-state index in [1.807, 2.05) is 20.9 Å². The molecule has 1 aromatic rings. The molecule has 1 N–H and O–H groups in total. The zero-order valence-electron chi connectivity index (χ0n) is 9.00. The van der Waals surface area contributed by atoms with Gasteiger partial charge in [-0.2, -0.15) is 4.98 Å². The highest BCUT2D eigenvalue weighted by molar-refractivity contribution is 5.04. The van der Waals surface area contributed by atoms with Gasteiger partial charge in [-0.25, -0.2) is 0 Å². The highest BCUT2D eigenvalue weighted by Gasteiger charge is 2.29. The van der Waals surface area contributed by atoms with Crippen LogP contribution in [0.15, 0.2) is 4.52 Å². The molecular weight excluding hydrogens is 178 g/mol. The van der Waals surface area contributed by atoms with E-state index in [2.05, 4.69) is 15.5 Å². The van der Waals surface area contributed by atoms with Crippen molar-refractivity contribution in [1.82, 2.24) is 15.5 Å². The van der Waals surface area contributed by atoms with Crippen molar-refractivity contribution in [2.24, 2.45) is 0 Å². The molecule has 1 fully saturated rings. The van der Waals surface area contributed by atoms with Gasteiger partial charge in [0.2, 0.25) is 5.89 Å². The summed E-state index contributed by atoms with van der Waals surface area (Å²) in [7, 11) is 1.90. The largest absolute Gasteiger partial charge is 0.337 e. The average Bonchev–Trinajstić information content (AvgIpc) is 2.51. The molecule has 0 atom stereocenters. The average molecular weight is 195 g/mol. The van der Waals surface area contributed by atoms with Crippen LogP contribution >= 0.6 is 0 Å². The summed E-state index contributed by atoms with van der Waals surface area (Å²) in [5.41, 5.74) is -0.227. The molecule has 0 spiro atoms. The van der Waals surface area contributed by atoms with Gasteiger partial charge < -0.3 is 9.84 Å². The SMILES string of the molecule is CNC(C)(C)c1nc(C2CCC2)no1. The fourth-order valence-electron chi connectivity index (χ4n) is 1.43. The molecule has 1 aliphatic rings. The van der Waals surface area contributed by atoms with Gasteiger partial charge in [0.1, 0.15) is 0 Å². The van der Waals surface area contributed by atoms with Crippen LogP contribution in [-0.2, 0) is 5.54 Å². The predicted molar refractivity (Wildman–Crippen MR) is 53.0 cm³/mol. The first-order valence-electron chi connectivity index (χ1n) is 5.16. The van der Waals surface area contributed by atoms with Gasteiger partial charge in [-0.1, -0.05) is 11.6 Å². The van der Waals surface area contributed by atoms with Gasteiger partial charge in [-0.05, 0) is 33.7 Å². The maximum Gasteiger partial charge on any atom is 0.246 e. The lowest BCUT2D eigenvalue weighted by molar-refractivity contribution is 0.276. The second-order valence-electron chi connectivity index (χ2n) is 4.46. The number of nitrogens with zero attached hydrogens (tertiary/aromatic N) is 2. The molecule has 0 bridgehead atoms. The Hall–Kier alpha value is -0.900. The molecule has 2 rings (SSSR count). The lowest BCUT2D eigenvalue weighted by Gasteiger charge is -2.21. The fraction of sp³-hybridized carbons (Fsp3) is 0.800. The topological polar surface area (TPSA) is 51.0 Å². The van der Waals surface area contributed by atoms with Gasteiger partial charge in [0, 0.05) is 5.92 Å². The zero-order chi connectivity index (χ0) is 10.2. The minimum Gasteiger partial charge on any atom is -0.337 e. The second-order valence-corrected chi connectivity index (χ2v) is 4.46. The Labute approximate surface area is 84.1 Å². The van der Waals surface area contributed by atoms with Crippen LogP contribution in [0, 0.1) is 0 Å². The summed E-state index contributed by atoms with van der Waals surface area (Å²) in [5.74, 6) is 2.11. The smallest absolute Gasteiger partial charge is 0.246 e. The molecule has 0 radical (unpaired) electrons. The van der Waals surface area contributed by atoms with E-state index >= 15 is 0 Å². The number of nitrogens with one attached hydrogen (secondary N) is 1. The molecule has 0 aromatic carbocycles. The minimum atomic E-state index is -0.227. The van der Waals surface area contributed by atoms with E-state index in [4.69, 9.17) is 4.52 Å². The molecule has 0 saturated heterocycles. The first-order valence-corrected chi connectivity index (χ1v) is 5.16. The molecule has 1 aliphatic carbocycles. The van der Waals surface area contributed by atoms with Crippen LogP contribution in [0.25, 0.3) is 0 Å². The standard InChI is InChI=1S/C10H17N3O/c1-10(2,11-3)9-12-8(13-14-9)7-5-4-6-7/h7,11H,4-6H2,1-3H3. The van der Waals surface area contributed by atoms with E-state index in [-0.39, 0.29) is 5.54 Å². The molecule has 14 heavy (non-hydrogen) atoms. The Balaban J connectivity index is 2.16. The van der Waals surface area contributed by atoms with E-state index in [1.165, 1.54) is 19.3 Å². The summed E-state index contributed by atoms with van der Waals surface area (Å²) in [4.78, 5) is 4.43. The third-order valence-electron chi connectivity index (χ3n) is 3.07. The molecule has 0 aliphatic heterocycles. The monoisotopic (exact) mass is 195 g/mol.